The first-order valence-corrected chi connectivity index (χ1v) is 8.70. The summed E-state index contributed by atoms with van der Waals surface area (Å²) in [5, 5.41) is 8.43. The fourth-order valence-corrected chi connectivity index (χ4v) is 3.48. The Morgan fingerprint density at radius 3 is 3.00 bits per heavy atom. The molecule has 2 aliphatic heterocycles. The van der Waals surface area contributed by atoms with Gasteiger partial charge in [0, 0.05) is 25.5 Å². The summed E-state index contributed by atoms with van der Waals surface area (Å²) in [5.74, 6) is 3.15. The van der Waals surface area contributed by atoms with Crippen molar-refractivity contribution in [3.05, 3.63) is 54.2 Å². The van der Waals surface area contributed by atoms with Crippen LogP contribution in [0.25, 0.3) is 11.5 Å². The Morgan fingerprint density at radius 1 is 1.12 bits per heavy atom. The van der Waals surface area contributed by atoms with Crippen LogP contribution < -0.4 is 9.47 Å². The smallest absolute Gasteiger partial charge is 0.249 e. The molecule has 0 radical (unpaired) electrons. The van der Waals surface area contributed by atoms with Crippen LogP contribution in [0.15, 0.2) is 47.1 Å². The lowest BCUT2D eigenvalue weighted by molar-refractivity contribution is 0.174. The molecule has 0 aliphatic carbocycles. The summed E-state index contributed by atoms with van der Waals surface area (Å²) in [5.41, 5.74) is 2.07. The third kappa shape index (κ3) is 2.90. The van der Waals surface area contributed by atoms with E-state index in [2.05, 4.69) is 32.2 Å². The molecule has 4 heterocycles. The Kier molecular flexibility index (Phi) is 3.79. The second kappa shape index (κ2) is 6.42. The number of benzene rings is 1. The highest BCUT2D eigenvalue weighted by atomic mass is 16.7. The van der Waals surface area contributed by atoms with E-state index in [1.807, 2.05) is 18.2 Å². The minimum Gasteiger partial charge on any atom is -0.454 e. The van der Waals surface area contributed by atoms with Gasteiger partial charge in [0.25, 0.3) is 0 Å². The van der Waals surface area contributed by atoms with Crippen LogP contribution in [0.2, 0.25) is 0 Å². The molecule has 7 heteroatoms. The maximum Gasteiger partial charge on any atom is 0.249 e. The minimum absolute atomic E-state index is 0.266. The molecule has 0 amide bonds. The summed E-state index contributed by atoms with van der Waals surface area (Å²) in [4.78, 5) is 6.50. The van der Waals surface area contributed by atoms with Gasteiger partial charge in [0.2, 0.25) is 18.6 Å². The molecule has 2 aromatic heterocycles. The first kappa shape index (κ1) is 15.3. The lowest BCUT2D eigenvalue weighted by atomic mass is 10.1. The molecular formula is C19H18N4O3. The predicted octanol–water partition coefficient (Wildman–Crippen LogP) is 2.85. The molecule has 7 nitrogen and oxygen atoms in total. The molecule has 5 rings (SSSR count). The lowest BCUT2D eigenvalue weighted by Gasteiger charge is -2.15. The van der Waals surface area contributed by atoms with Crippen molar-refractivity contribution in [2.75, 3.05) is 19.9 Å². The second-order valence-corrected chi connectivity index (χ2v) is 6.60. The van der Waals surface area contributed by atoms with Gasteiger partial charge in [0.15, 0.2) is 11.5 Å². The van der Waals surface area contributed by atoms with E-state index in [9.17, 15) is 0 Å². The van der Waals surface area contributed by atoms with Crippen molar-refractivity contribution in [1.82, 2.24) is 20.1 Å². The van der Waals surface area contributed by atoms with Crippen molar-refractivity contribution in [3.63, 3.8) is 0 Å². The average molecular weight is 350 g/mol. The van der Waals surface area contributed by atoms with Crippen molar-refractivity contribution in [2.24, 2.45) is 0 Å². The average Bonchev–Trinajstić information content (AvgIpc) is 3.42. The maximum absolute atomic E-state index is 5.89. The van der Waals surface area contributed by atoms with Gasteiger partial charge in [-0.2, -0.15) is 0 Å². The quantitative estimate of drug-likeness (QED) is 0.716. The highest BCUT2D eigenvalue weighted by molar-refractivity contribution is 5.50. The number of ether oxygens (including phenoxy) is 2. The van der Waals surface area contributed by atoms with Crippen molar-refractivity contribution in [3.8, 4) is 23.0 Å². The van der Waals surface area contributed by atoms with Crippen LogP contribution in [0.5, 0.6) is 11.5 Å². The van der Waals surface area contributed by atoms with Gasteiger partial charge in [0.05, 0.1) is 11.5 Å². The van der Waals surface area contributed by atoms with Gasteiger partial charge in [0.1, 0.15) is 0 Å². The molecule has 1 saturated heterocycles. The van der Waals surface area contributed by atoms with E-state index in [4.69, 9.17) is 13.9 Å². The highest BCUT2D eigenvalue weighted by Crippen LogP contribution is 2.34. The molecule has 3 aromatic rings. The van der Waals surface area contributed by atoms with Crippen LogP contribution in [0.3, 0.4) is 0 Å². The molecule has 0 bridgehead atoms. The summed E-state index contributed by atoms with van der Waals surface area (Å²) in [6, 6.07) is 9.91. The van der Waals surface area contributed by atoms with Crippen LogP contribution in [0.1, 0.15) is 23.8 Å². The molecular weight excluding hydrogens is 332 g/mol. The molecule has 2 aliphatic rings. The monoisotopic (exact) mass is 350 g/mol. The fourth-order valence-electron chi connectivity index (χ4n) is 3.48. The van der Waals surface area contributed by atoms with Crippen LogP contribution in [-0.4, -0.2) is 40.0 Å². The van der Waals surface area contributed by atoms with Crippen LogP contribution in [0, 0.1) is 0 Å². The Morgan fingerprint density at radius 2 is 2.08 bits per heavy atom. The zero-order valence-electron chi connectivity index (χ0n) is 14.2. The largest absolute Gasteiger partial charge is 0.454 e. The van der Waals surface area contributed by atoms with Gasteiger partial charge in [-0.05, 0) is 42.8 Å². The van der Waals surface area contributed by atoms with Crippen LogP contribution in [0.4, 0.5) is 0 Å². The Labute approximate surface area is 150 Å². The van der Waals surface area contributed by atoms with E-state index in [0.717, 1.165) is 43.1 Å². The van der Waals surface area contributed by atoms with Gasteiger partial charge < -0.3 is 13.9 Å². The van der Waals surface area contributed by atoms with Crippen LogP contribution in [-0.2, 0) is 6.54 Å². The number of aromatic nitrogens is 3. The van der Waals surface area contributed by atoms with Gasteiger partial charge in [-0.3, -0.25) is 9.88 Å². The number of fused-ring (bicyclic) bond motifs is 1. The number of hydrogen-bond acceptors (Lipinski definition) is 7. The van der Waals surface area contributed by atoms with Crippen molar-refractivity contribution in [2.45, 2.75) is 18.9 Å². The van der Waals surface area contributed by atoms with Gasteiger partial charge in [-0.25, -0.2) is 0 Å². The molecule has 1 unspecified atom stereocenters. The summed E-state index contributed by atoms with van der Waals surface area (Å²) in [6.45, 7) is 3.09. The normalized spacial score (nSPS) is 19.2. The summed E-state index contributed by atoms with van der Waals surface area (Å²) in [6.07, 6.45) is 4.48. The van der Waals surface area contributed by atoms with Crippen molar-refractivity contribution >= 4 is 0 Å². The van der Waals surface area contributed by atoms with Gasteiger partial charge in [-0.15, -0.1) is 10.2 Å². The zero-order valence-corrected chi connectivity index (χ0v) is 14.2. The van der Waals surface area contributed by atoms with E-state index in [0.29, 0.717) is 18.6 Å². The molecule has 1 atom stereocenters. The summed E-state index contributed by atoms with van der Waals surface area (Å²) < 4.78 is 16.7. The molecule has 0 spiro atoms. The molecule has 132 valence electrons. The SMILES string of the molecule is c1cncc(-c2nnc(C3CCN(Cc4ccc5c(c4)OCO5)C3)o2)c1. The number of rotatable bonds is 4. The molecule has 0 saturated carbocycles. The minimum atomic E-state index is 0.266. The topological polar surface area (TPSA) is 73.5 Å². The first-order valence-electron chi connectivity index (χ1n) is 8.70. The van der Waals surface area contributed by atoms with E-state index in [1.54, 1.807) is 12.4 Å². The van der Waals surface area contributed by atoms with E-state index >= 15 is 0 Å². The lowest BCUT2D eigenvalue weighted by Crippen LogP contribution is -2.19. The summed E-state index contributed by atoms with van der Waals surface area (Å²) in [7, 11) is 0. The van der Waals surface area contributed by atoms with E-state index < -0.39 is 0 Å². The zero-order chi connectivity index (χ0) is 17.3. The fraction of sp³-hybridized carbons (Fsp3) is 0.316. The Balaban J connectivity index is 1.25. The van der Waals surface area contributed by atoms with Crippen molar-refractivity contribution in [1.29, 1.82) is 0 Å². The number of hydrogen-bond donors (Lipinski definition) is 0. The predicted molar refractivity (Wildman–Crippen MR) is 92.7 cm³/mol. The molecule has 1 fully saturated rings. The molecule has 26 heavy (non-hydrogen) atoms. The Hall–Kier alpha value is -2.93. The molecule has 0 N–H and O–H groups in total. The number of likely N-dealkylation sites (tertiary alicyclic amines) is 1. The van der Waals surface area contributed by atoms with E-state index in [-0.39, 0.29) is 5.92 Å². The van der Waals surface area contributed by atoms with Gasteiger partial charge >= 0.3 is 0 Å². The Bertz CT molecular complexity index is 912. The third-order valence-electron chi connectivity index (χ3n) is 4.81. The third-order valence-corrected chi connectivity index (χ3v) is 4.81. The van der Waals surface area contributed by atoms with E-state index in [1.165, 1.54) is 5.56 Å². The second-order valence-electron chi connectivity index (χ2n) is 6.60. The standard InChI is InChI=1S/C19H18N4O3/c1-2-14(9-20-6-1)18-21-22-19(26-18)15-5-7-23(11-15)10-13-3-4-16-17(8-13)25-12-24-16/h1-4,6,8-9,15H,5,7,10-12H2. The number of pyridine rings is 1. The van der Waals surface area contributed by atoms with Gasteiger partial charge in [-0.1, -0.05) is 6.07 Å². The van der Waals surface area contributed by atoms with Crippen LogP contribution >= 0.6 is 0 Å². The summed E-state index contributed by atoms with van der Waals surface area (Å²) >= 11 is 0. The highest BCUT2D eigenvalue weighted by Gasteiger charge is 2.28. The molecule has 1 aromatic carbocycles. The number of nitrogens with zero attached hydrogens (tertiary/aromatic N) is 4. The maximum atomic E-state index is 5.89. The van der Waals surface area contributed by atoms with Crippen molar-refractivity contribution < 1.29 is 13.9 Å². The first-order chi connectivity index (χ1) is 12.8.